The van der Waals surface area contributed by atoms with Gasteiger partial charge in [-0.05, 0) is 18.3 Å². The van der Waals surface area contributed by atoms with Crippen molar-refractivity contribution in [1.29, 1.82) is 0 Å². The average molecular weight is 231 g/mol. The highest BCUT2D eigenvalue weighted by Crippen LogP contribution is 2.24. The highest BCUT2D eigenvalue weighted by molar-refractivity contribution is 5.71. The van der Waals surface area contributed by atoms with Crippen LogP contribution in [0.4, 0.5) is 0 Å². The minimum atomic E-state index is -0.978. The van der Waals surface area contributed by atoms with Gasteiger partial charge in [0, 0.05) is 0 Å². The number of rotatable bonds is 7. The van der Waals surface area contributed by atoms with Crippen LogP contribution < -0.4 is 0 Å². The summed E-state index contributed by atoms with van der Waals surface area (Å²) >= 11 is 0. The molecule has 94 valence electrons. The van der Waals surface area contributed by atoms with Gasteiger partial charge in [0.2, 0.25) is 6.41 Å². The lowest BCUT2D eigenvalue weighted by Gasteiger charge is -2.32. The predicted octanol–water partition coefficient (Wildman–Crippen LogP) is 1.61. The van der Waals surface area contributed by atoms with Crippen molar-refractivity contribution in [3.05, 3.63) is 0 Å². The van der Waals surface area contributed by atoms with Crippen molar-refractivity contribution in [2.24, 2.45) is 17.8 Å². The third kappa shape index (κ3) is 4.18. The Morgan fingerprint density at radius 2 is 1.81 bits per heavy atom. The van der Waals surface area contributed by atoms with Gasteiger partial charge in [0.05, 0.1) is 12.0 Å². The summed E-state index contributed by atoms with van der Waals surface area (Å²) in [5.41, 5.74) is 0. The molecule has 0 saturated carbocycles. The lowest BCUT2D eigenvalue weighted by Crippen LogP contribution is -2.45. The number of hydrogen-bond acceptors (Lipinski definition) is 3. The van der Waals surface area contributed by atoms with Gasteiger partial charge in [0.25, 0.3) is 0 Å². The van der Waals surface area contributed by atoms with Crippen LogP contribution in [-0.4, -0.2) is 33.8 Å². The summed E-state index contributed by atoms with van der Waals surface area (Å²) in [6.45, 7) is 7.40. The first-order valence-electron chi connectivity index (χ1n) is 5.46. The number of carbonyl (C=O) groups excluding carboxylic acids is 1. The van der Waals surface area contributed by atoms with Gasteiger partial charge in [-0.15, -0.1) is 0 Å². The van der Waals surface area contributed by atoms with E-state index >= 15 is 0 Å². The number of hydrogen-bond donors (Lipinski definition) is 2. The normalized spacial score (nSPS) is 14.9. The van der Waals surface area contributed by atoms with E-state index in [0.29, 0.717) is 11.5 Å². The van der Waals surface area contributed by atoms with Crippen molar-refractivity contribution in [3.8, 4) is 0 Å². The summed E-state index contributed by atoms with van der Waals surface area (Å²) in [5.74, 6) is -1.64. The standard InChI is InChI=1S/C11H21NO4/c1-7(2)5-9(11(14)15)10(8(3)4)12(16)6-13/h6-10,16H,5H2,1-4H3,(H,14,15)/t9?,10-/m0/s1. The number of aliphatic carboxylic acids is 1. The molecule has 16 heavy (non-hydrogen) atoms. The molecule has 0 aliphatic rings. The number of amides is 1. The van der Waals surface area contributed by atoms with Crippen LogP contribution >= 0.6 is 0 Å². The molecular formula is C11H21NO4. The zero-order chi connectivity index (χ0) is 12.9. The maximum atomic E-state index is 11.1. The molecule has 0 rings (SSSR count). The molecule has 2 N–H and O–H groups in total. The molecule has 0 radical (unpaired) electrons. The summed E-state index contributed by atoms with van der Waals surface area (Å²) in [5, 5.41) is 19.0. The molecule has 0 fully saturated rings. The molecular weight excluding hydrogens is 210 g/mol. The fourth-order valence-electron chi connectivity index (χ4n) is 1.92. The van der Waals surface area contributed by atoms with E-state index in [1.165, 1.54) is 0 Å². The van der Waals surface area contributed by atoms with Crippen molar-refractivity contribution in [2.45, 2.75) is 40.2 Å². The summed E-state index contributed by atoms with van der Waals surface area (Å²) in [6, 6.07) is -0.683. The van der Waals surface area contributed by atoms with Crippen molar-refractivity contribution in [3.63, 3.8) is 0 Å². The quantitative estimate of drug-likeness (QED) is 0.396. The lowest BCUT2D eigenvalue weighted by molar-refractivity contribution is -0.177. The molecule has 5 heteroatoms. The third-order valence-electron chi connectivity index (χ3n) is 2.55. The fraction of sp³-hybridized carbons (Fsp3) is 0.818. The number of carbonyl (C=O) groups is 2. The highest BCUT2D eigenvalue weighted by atomic mass is 16.5. The average Bonchev–Trinajstić information content (AvgIpc) is 2.14. The van der Waals surface area contributed by atoms with Crippen LogP contribution in [0.15, 0.2) is 0 Å². The number of carboxylic acids is 1. The smallest absolute Gasteiger partial charge is 0.308 e. The topological polar surface area (TPSA) is 77.8 Å². The van der Waals surface area contributed by atoms with Gasteiger partial charge in [0.1, 0.15) is 0 Å². The minimum Gasteiger partial charge on any atom is -0.481 e. The van der Waals surface area contributed by atoms with Gasteiger partial charge >= 0.3 is 5.97 Å². The second kappa shape index (κ2) is 6.48. The van der Waals surface area contributed by atoms with Crippen LogP contribution in [0.2, 0.25) is 0 Å². The van der Waals surface area contributed by atoms with E-state index in [4.69, 9.17) is 5.11 Å². The van der Waals surface area contributed by atoms with E-state index < -0.39 is 17.9 Å². The van der Waals surface area contributed by atoms with Crippen LogP contribution in [0.1, 0.15) is 34.1 Å². The molecule has 0 spiro atoms. The number of carboxylic acid groups (broad SMARTS) is 1. The van der Waals surface area contributed by atoms with E-state index in [1.807, 2.05) is 13.8 Å². The first-order chi connectivity index (χ1) is 7.31. The van der Waals surface area contributed by atoms with Crippen LogP contribution in [-0.2, 0) is 9.59 Å². The maximum absolute atomic E-state index is 11.1. The van der Waals surface area contributed by atoms with Crippen molar-refractivity contribution in [1.82, 2.24) is 5.06 Å². The maximum Gasteiger partial charge on any atom is 0.308 e. The minimum absolute atomic E-state index is 0.116. The second-order valence-corrected chi connectivity index (χ2v) is 4.79. The predicted molar refractivity (Wildman–Crippen MR) is 58.9 cm³/mol. The van der Waals surface area contributed by atoms with Crippen molar-refractivity contribution < 1.29 is 19.9 Å². The first-order valence-corrected chi connectivity index (χ1v) is 5.46. The van der Waals surface area contributed by atoms with Crippen LogP contribution in [0.3, 0.4) is 0 Å². The fourth-order valence-corrected chi connectivity index (χ4v) is 1.92. The van der Waals surface area contributed by atoms with Crippen molar-refractivity contribution >= 4 is 12.4 Å². The largest absolute Gasteiger partial charge is 0.481 e. The van der Waals surface area contributed by atoms with Gasteiger partial charge in [-0.25, -0.2) is 5.06 Å². The lowest BCUT2D eigenvalue weighted by atomic mass is 9.84. The molecule has 0 aromatic carbocycles. The number of hydroxylamine groups is 2. The Morgan fingerprint density at radius 1 is 1.31 bits per heavy atom. The molecule has 5 nitrogen and oxygen atoms in total. The molecule has 0 saturated heterocycles. The van der Waals surface area contributed by atoms with E-state index in [2.05, 4.69) is 0 Å². The zero-order valence-electron chi connectivity index (χ0n) is 10.3. The summed E-state index contributed by atoms with van der Waals surface area (Å²) in [7, 11) is 0. The molecule has 1 unspecified atom stereocenters. The Morgan fingerprint density at radius 3 is 2.06 bits per heavy atom. The van der Waals surface area contributed by atoms with Crippen LogP contribution in [0.5, 0.6) is 0 Å². The first kappa shape index (κ1) is 14.9. The SMILES string of the molecule is CC(C)CC(C(=O)O)[C@H](C(C)C)N(O)C=O. The Balaban J connectivity index is 4.94. The van der Waals surface area contributed by atoms with Crippen LogP contribution in [0.25, 0.3) is 0 Å². The van der Waals surface area contributed by atoms with Gasteiger partial charge < -0.3 is 5.11 Å². The molecule has 0 bridgehead atoms. The van der Waals surface area contributed by atoms with E-state index in [0.717, 1.165) is 0 Å². The van der Waals surface area contributed by atoms with Gasteiger partial charge in [0.15, 0.2) is 0 Å². The molecule has 1 amide bonds. The van der Waals surface area contributed by atoms with Gasteiger partial charge in [-0.2, -0.15) is 0 Å². The summed E-state index contributed by atoms with van der Waals surface area (Å²) < 4.78 is 0. The Kier molecular flexibility index (Phi) is 6.03. The molecule has 0 aromatic heterocycles. The Hall–Kier alpha value is -1.10. The van der Waals surface area contributed by atoms with Gasteiger partial charge in [-0.3, -0.25) is 14.8 Å². The van der Waals surface area contributed by atoms with Gasteiger partial charge in [-0.1, -0.05) is 27.7 Å². The monoisotopic (exact) mass is 231 g/mol. The molecule has 0 aliphatic carbocycles. The summed E-state index contributed by atoms with van der Waals surface area (Å²) in [4.78, 5) is 21.7. The second-order valence-electron chi connectivity index (χ2n) is 4.79. The Bertz CT molecular complexity index is 240. The molecule has 0 aromatic rings. The Labute approximate surface area is 96.0 Å². The number of nitrogens with zero attached hydrogens (tertiary/aromatic N) is 1. The zero-order valence-corrected chi connectivity index (χ0v) is 10.3. The van der Waals surface area contributed by atoms with Crippen molar-refractivity contribution in [2.75, 3.05) is 0 Å². The highest BCUT2D eigenvalue weighted by Gasteiger charge is 2.34. The third-order valence-corrected chi connectivity index (χ3v) is 2.55. The molecule has 0 aliphatic heterocycles. The van der Waals surface area contributed by atoms with E-state index in [-0.39, 0.29) is 18.2 Å². The summed E-state index contributed by atoms with van der Waals surface area (Å²) in [6.07, 6.45) is 0.698. The van der Waals surface area contributed by atoms with E-state index in [1.54, 1.807) is 13.8 Å². The molecule has 0 heterocycles. The van der Waals surface area contributed by atoms with E-state index in [9.17, 15) is 14.8 Å². The van der Waals surface area contributed by atoms with Crippen LogP contribution in [0, 0.1) is 17.8 Å². The molecule has 2 atom stereocenters.